The van der Waals surface area contributed by atoms with Gasteiger partial charge in [0.1, 0.15) is 0 Å². The van der Waals surface area contributed by atoms with Crippen molar-refractivity contribution in [3.05, 3.63) is 30.2 Å². The van der Waals surface area contributed by atoms with Crippen molar-refractivity contribution in [2.75, 3.05) is 5.32 Å². The van der Waals surface area contributed by atoms with Gasteiger partial charge in [0.15, 0.2) is 23.3 Å². The lowest BCUT2D eigenvalue weighted by molar-refractivity contribution is -0.115. The van der Waals surface area contributed by atoms with Gasteiger partial charge < -0.3 is 9.73 Å². The number of oxazole rings is 1. The number of hydrogen-bond acceptors (Lipinski definition) is 4. The SMILES string of the molecule is CCC(C)c1cccc2nc(NC(=O)C(Cl)(Cl)Cl)c3ncoc3c12. The number of fused-ring (bicyclic) bond motifs is 3. The van der Waals surface area contributed by atoms with Gasteiger partial charge in [-0.3, -0.25) is 4.79 Å². The number of carbonyl (C=O) groups excluding carboxylic acids is 1. The first kappa shape index (κ1) is 17.3. The van der Waals surface area contributed by atoms with Crippen LogP contribution in [0.2, 0.25) is 0 Å². The lowest BCUT2D eigenvalue weighted by Crippen LogP contribution is -2.27. The summed E-state index contributed by atoms with van der Waals surface area (Å²) in [5.74, 6) is -0.281. The molecule has 2 heterocycles. The first-order valence-corrected chi connectivity index (χ1v) is 8.50. The van der Waals surface area contributed by atoms with Crippen LogP contribution in [0.1, 0.15) is 31.7 Å². The molecule has 24 heavy (non-hydrogen) atoms. The number of rotatable bonds is 3. The molecule has 0 bridgehead atoms. The Kier molecular flexibility index (Phi) is 4.60. The summed E-state index contributed by atoms with van der Waals surface area (Å²) in [5.41, 5.74) is 2.76. The van der Waals surface area contributed by atoms with E-state index < -0.39 is 9.70 Å². The minimum Gasteiger partial charge on any atom is -0.443 e. The number of hydrogen-bond donors (Lipinski definition) is 1. The highest BCUT2D eigenvalue weighted by molar-refractivity contribution is 6.76. The molecule has 1 N–H and O–H groups in total. The fourth-order valence-corrected chi connectivity index (χ4v) is 2.70. The number of alkyl halides is 3. The molecule has 126 valence electrons. The summed E-state index contributed by atoms with van der Waals surface area (Å²) in [6.45, 7) is 4.25. The smallest absolute Gasteiger partial charge is 0.277 e. The van der Waals surface area contributed by atoms with Crippen LogP contribution in [0.3, 0.4) is 0 Å². The zero-order chi connectivity index (χ0) is 17.5. The first-order valence-electron chi connectivity index (χ1n) is 7.37. The summed E-state index contributed by atoms with van der Waals surface area (Å²) in [7, 11) is 0. The third-order valence-electron chi connectivity index (χ3n) is 3.96. The molecule has 3 rings (SSSR count). The summed E-state index contributed by atoms with van der Waals surface area (Å²) < 4.78 is 3.48. The Morgan fingerprint density at radius 3 is 2.79 bits per heavy atom. The summed E-state index contributed by atoms with van der Waals surface area (Å²) in [6, 6.07) is 5.80. The van der Waals surface area contributed by atoms with Crippen LogP contribution in [-0.4, -0.2) is 19.7 Å². The van der Waals surface area contributed by atoms with E-state index in [-0.39, 0.29) is 5.82 Å². The van der Waals surface area contributed by atoms with Gasteiger partial charge in [0.05, 0.1) is 5.52 Å². The van der Waals surface area contributed by atoms with E-state index in [0.717, 1.165) is 17.4 Å². The van der Waals surface area contributed by atoms with E-state index in [4.69, 9.17) is 39.2 Å². The molecule has 0 fully saturated rings. The predicted molar refractivity (Wildman–Crippen MR) is 96.9 cm³/mol. The molecule has 3 aromatic rings. The first-order chi connectivity index (χ1) is 11.3. The lowest BCUT2D eigenvalue weighted by Gasteiger charge is -2.15. The van der Waals surface area contributed by atoms with Crippen molar-refractivity contribution in [2.24, 2.45) is 0 Å². The minimum atomic E-state index is -2.09. The van der Waals surface area contributed by atoms with Crippen LogP contribution in [0.5, 0.6) is 0 Å². The van der Waals surface area contributed by atoms with E-state index in [2.05, 4.69) is 29.1 Å². The Labute approximate surface area is 153 Å². The molecular weight excluding hydrogens is 373 g/mol. The highest BCUT2D eigenvalue weighted by Gasteiger charge is 2.32. The monoisotopic (exact) mass is 385 g/mol. The van der Waals surface area contributed by atoms with Crippen LogP contribution in [0.4, 0.5) is 5.82 Å². The van der Waals surface area contributed by atoms with Gasteiger partial charge in [0, 0.05) is 5.39 Å². The highest BCUT2D eigenvalue weighted by atomic mass is 35.6. The molecule has 0 aliphatic rings. The van der Waals surface area contributed by atoms with E-state index in [9.17, 15) is 4.79 Å². The van der Waals surface area contributed by atoms with Crippen molar-refractivity contribution in [3.63, 3.8) is 0 Å². The predicted octanol–water partition coefficient (Wildman–Crippen LogP) is 5.20. The quantitative estimate of drug-likeness (QED) is 0.628. The van der Waals surface area contributed by atoms with Crippen molar-refractivity contribution >= 4 is 68.5 Å². The van der Waals surface area contributed by atoms with Gasteiger partial charge in [-0.05, 0) is 24.0 Å². The molecule has 2 aromatic heterocycles. The molecule has 5 nitrogen and oxygen atoms in total. The Bertz CT molecular complexity index is 918. The normalized spacial score (nSPS) is 13.4. The van der Waals surface area contributed by atoms with Gasteiger partial charge in [-0.1, -0.05) is 60.8 Å². The van der Waals surface area contributed by atoms with Crippen LogP contribution >= 0.6 is 34.8 Å². The van der Waals surface area contributed by atoms with E-state index in [1.807, 2.05) is 18.2 Å². The van der Waals surface area contributed by atoms with Crippen LogP contribution in [0.25, 0.3) is 22.0 Å². The Hall–Kier alpha value is -1.56. The molecule has 1 aromatic carbocycles. The second kappa shape index (κ2) is 6.39. The number of nitrogens with zero attached hydrogens (tertiary/aromatic N) is 2. The maximum absolute atomic E-state index is 12.0. The highest BCUT2D eigenvalue weighted by Crippen LogP contribution is 2.35. The second-order valence-corrected chi connectivity index (χ2v) is 7.77. The largest absolute Gasteiger partial charge is 0.443 e. The van der Waals surface area contributed by atoms with Gasteiger partial charge in [0.25, 0.3) is 9.70 Å². The third kappa shape index (κ3) is 3.04. The number of benzene rings is 1. The summed E-state index contributed by atoms with van der Waals surface area (Å²) in [6.07, 6.45) is 2.28. The minimum absolute atomic E-state index is 0.198. The molecule has 0 saturated carbocycles. The fraction of sp³-hybridized carbons (Fsp3) is 0.312. The number of anilines is 1. The standard InChI is InChI=1S/C16H14Cl3N3O2/c1-3-8(2)9-5-4-6-10-11(9)13-12(20-7-24-13)14(21-10)22-15(23)16(17,18)19/h4-8H,3H2,1-2H3,(H,21,22,23). The van der Waals surface area contributed by atoms with Gasteiger partial charge in [-0.2, -0.15) is 0 Å². The van der Waals surface area contributed by atoms with Crippen LogP contribution < -0.4 is 5.32 Å². The Morgan fingerprint density at radius 1 is 1.38 bits per heavy atom. The van der Waals surface area contributed by atoms with Crippen molar-refractivity contribution in [1.82, 2.24) is 9.97 Å². The van der Waals surface area contributed by atoms with E-state index in [1.54, 1.807) is 0 Å². The van der Waals surface area contributed by atoms with Crippen LogP contribution in [0.15, 0.2) is 29.0 Å². The zero-order valence-corrected chi connectivity index (χ0v) is 15.2. The van der Waals surface area contributed by atoms with Crippen molar-refractivity contribution in [3.8, 4) is 0 Å². The maximum atomic E-state index is 12.0. The van der Waals surface area contributed by atoms with Crippen molar-refractivity contribution in [2.45, 2.75) is 30.0 Å². The molecule has 1 unspecified atom stereocenters. The molecular formula is C16H14Cl3N3O2. The number of pyridine rings is 1. The number of carbonyl (C=O) groups is 1. The van der Waals surface area contributed by atoms with E-state index >= 15 is 0 Å². The van der Waals surface area contributed by atoms with Gasteiger partial charge in [-0.25, -0.2) is 9.97 Å². The molecule has 0 radical (unpaired) electrons. The number of aromatic nitrogens is 2. The Morgan fingerprint density at radius 2 is 2.12 bits per heavy atom. The number of nitrogens with one attached hydrogen (secondary N) is 1. The molecule has 8 heteroatoms. The molecule has 1 atom stereocenters. The van der Waals surface area contributed by atoms with Gasteiger partial charge in [-0.15, -0.1) is 0 Å². The average Bonchev–Trinajstić information content (AvgIpc) is 3.02. The molecule has 1 amide bonds. The Balaban J connectivity index is 2.23. The number of halogens is 3. The van der Waals surface area contributed by atoms with E-state index in [1.165, 1.54) is 6.39 Å². The molecule has 0 aliphatic carbocycles. The maximum Gasteiger partial charge on any atom is 0.277 e. The van der Waals surface area contributed by atoms with Crippen LogP contribution in [0, 0.1) is 0 Å². The van der Waals surface area contributed by atoms with Crippen molar-refractivity contribution < 1.29 is 9.21 Å². The third-order valence-corrected chi connectivity index (χ3v) is 4.47. The summed E-state index contributed by atoms with van der Waals surface area (Å²) in [4.78, 5) is 20.6. The van der Waals surface area contributed by atoms with Crippen molar-refractivity contribution in [1.29, 1.82) is 0 Å². The average molecular weight is 387 g/mol. The summed E-state index contributed by atoms with van der Waals surface area (Å²) in [5, 5.41) is 3.38. The molecule has 0 spiro atoms. The zero-order valence-electron chi connectivity index (χ0n) is 12.9. The van der Waals surface area contributed by atoms with E-state index in [0.29, 0.717) is 22.5 Å². The molecule has 0 aliphatic heterocycles. The van der Waals surface area contributed by atoms with Crippen LogP contribution in [-0.2, 0) is 4.79 Å². The lowest BCUT2D eigenvalue weighted by atomic mass is 9.94. The topological polar surface area (TPSA) is 68.0 Å². The number of amides is 1. The second-order valence-electron chi connectivity index (χ2n) is 5.49. The summed E-state index contributed by atoms with van der Waals surface area (Å²) >= 11 is 16.8. The van der Waals surface area contributed by atoms with Gasteiger partial charge in [0.2, 0.25) is 0 Å². The fourth-order valence-electron chi connectivity index (χ4n) is 2.56. The van der Waals surface area contributed by atoms with Gasteiger partial charge >= 0.3 is 0 Å². The molecule has 0 saturated heterocycles.